The van der Waals surface area contributed by atoms with Gasteiger partial charge < -0.3 is 15.0 Å². The van der Waals surface area contributed by atoms with Gasteiger partial charge in [0, 0.05) is 19.5 Å². The van der Waals surface area contributed by atoms with E-state index in [0.717, 1.165) is 18.9 Å². The highest BCUT2D eigenvalue weighted by atomic mass is 16.5. The second-order valence-corrected chi connectivity index (χ2v) is 5.43. The highest BCUT2D eigenvalue weighted by molar-refractivity contribution is 5.92. The molecule has 0 unspecified atom stereocenters. The molecule has 1 N–H and O–H groups in total. The van der Waals surface area contributed by atoms with Gasteiger partial charge >= 0.3 is 5.97 Å². The number of rotatable bonds is 5. The maximum absolute atomic E-state index is 11.7. The number of amides is 1. The van der Waals surface area contributed by atoms with E-state index < -0.39 is 0 Å². The van der Waals surface area contributed by atoms with Crippen LogP contribution in [0.15, 0.2) is 18.3 Å². The number of ether oxygens (including phenoxy) is 1. The number of hydrogen-bond acceptors (Lipinski definition) is 5. The second kappa shape index (κ2) is 8.36. The normalized spacial score (nSPS) is 15.0. The zero-order chi connectivity index (χ0) is 15.8. The molecule has 1 amide bonds. The van der Waals surface area contributed by atoms with Gasteiger partial charge in [-0.3, -0.25) is 9.59 Å². The van der Waals surface area contributed by atoms with Crippen LogP contribution in [-0.2, 0) is 14.3 Å². The molecule has 1 aliphatic heterocycles. The number of carbonyl (C=O) groups is 2. The fourth-order valence-corrected chi connectivity index (χ4v) is 2.49. The van der Waals surface area contributed by atoms with E-state index in [2.05, 4.69) is 19.9 Å². The molecule has 0 atom stereocenters. The van der Waals surface area contributed by atoms with Crippen molar-refractivity contribution in [3.8, 4) is 0 Å². The smallest absolute Gasteiger partial charge is 0.306 e. The maximum Gasteiger partial charge on any atom is 0.306 e. The summed E-state index contributed by atoms with van der Waals surface area (Å²) in [6, 6.07) is 3.78. The third kappa shape index (κ3) is 5.02. The van der Waals surface area contributed by atoms with E-state index in [1.54, 1.807) is 6.20 Å². The van der Waals surface area contributed by atoms with Crippen molar-refractivity contribution in [1.29, 1.82) is 0 Å². The van der Waals surface area contributed by atoms with Crippen molar-refractivity contribution in [2.45, 2.75) is 38.5 Å². The predicted molar refractivity (Wildman–Crippen MR) is 84.8 cm³/mol. The summed E-state index contributed by atoms with van der Waals surface area (Å²) in [6.45, 7) is 2.08. The lowest BCUT2D eigenvalue weighted by molar-refractivity contribution is -0.141. The van der Waals surface area contributed by atoms with Crippen LogP contribution in [0.3, 0.4) is 0 Å². The zero-order valence-corrected chi connectivity index (χ0v) is 13.0. The quantitative estimate of drug-likeness (QED) is 0.846. The van der Waals surface area contributed by atoms with Gasteiger partial charge in [0.25, 0.3) is 0 Å². The van der Waals surface area contributed by atoms with Crippen molar-refractivity contribution in [2.75, 3.05) is 30.4 Å². The molecule has 1 fully saturated rings. The number of nitrogens with zero attached hydrogens (tertiary/aromatic N) is 2. The Hall–Kier alpha value is -2.11. The average Bonchev–Trinajstić information content (AvgIpc) is 2.82. The Balaban J connectivity index is 1.85. The number of carbonyl (C=O) groups excluding carboxylic acids is 2. The van der Waals surface area contributed by atoms with Gasteiger partial charge in [0.15, 0.2) is 0 Å². The van der Waals surface area contributed by atoms with Gasteiger partial charge in [-0.15, -0.1) is 0 Å². The van der Waals surface area contributed by atoms with Gasteiger partial charge in [0.1, 0.15) is 5.82 Å². The fraction of sp³-hybridized carbons (Fsp3) is 0.562. The second-order valence-electron chi connectivity index (χ2n) is 5.43. The lowest BCUT2D eigenvalue weighted by atomic mass is 10.2. The van der Waals surface area contributed by atoms with Crippen molar-refractivity contribution in [3.05, 3.63) is 18.3 Å². The molecule has 0 spiro atoms. The van der Waals surface area contributed by atoms with Gasteiger partial charge in [-0.25, -0.2) is 4.98 Å². The molecule has 1 aliphatic rings. The molecule has 0 aromatic carbocycles. The van der Waals surface area contributed by atoms with Crippen LogP contribution in [0.25, 0.3) is 0 Å². The van der Waals surface area contributed by atoms with Crippen LogP contribution in [0.1, 0.15) is 38.5 Å². The molecule has 1 aromatic heterocycles. The summed E-state index contributed by atoms with van der Waals surface area (Å²) in [6.07, 6.45) is 6.83. The van der Waals surface area contributed by atoms with Crippen LogP contribution >= 0.6 is 0 Å². The first kappa shape index (κ1) is 16.3. The van der Waals surface area contributed by atoms with E-state index in [0.29, 0.717) is 5.69 Å². The number of nitrogens with one attached hydrogen (secondary N) is 1. The Morgan fingerprint density at radius 2 is 1.91 bits per heavy atom. The lowest BCUT2D eigenvalue weighted by Crippen LogP contribution is -2.24. The molecule has 0 radical (unpaired) electrons. The molecule has 22 heavy (non-hydrogen) atoms. The van der Waals surface area contributed by atoms with Crippen LogP contribution in [0.5, 0.6) is 0 Å². The van der Waals surface area contributed by atoms with Gasteiger partial charge in [0.05, 0.1) is 25.4 Å². The molecular weight excluding hydrogens is 282 g/mol. The minimum atomic E-state index is -0.384. The summed E-state index contributed by atoms with van der Waals surface area (Å²) in [5, 5.41) is 2.74. The van der Waals surface area contributed by atoms with Gasteiger partial charge in [-0.2, -0.15) is 0 Å². The Bertz CT molecular complexity index is 494. The van der Waals surface area contributed by atoms with E-state index >= 15 is 0 Å². The van der Waals surface area contributed by atoms with E-state index in [1.807, 2.05) is 12.1 Å². The highest BCUT2D eigenvalue weighted by Crippen LogP contribution is 2.18. The van der Waals surface area contributed by atoms with Crippen LogP contribution < -0.4 is 10.2 Å². The molecule has 2 heterocycles. The van der Waals surface area contributed by atoms with Crippen LogP contribution in [0.2, 0.25) is 0 Å². The maximum atomic E-state index is 11.7. The Labute approximate surface area is 130 Å². The van der Waals surface area contributed by atoms with Crippen molar-refractivity contribution in [3.63, 3.8) is 0 Å². The molecule has 6 nitrogen and oxygen atoms in total. The molecule has 0 saturated carbocycles. The van der Waals surface area contributed by atoms with Crippen LogP contribution in [0.4, 0.5) is 11.5 Å². The zero-order valence-electron chi connectivity index (χ0n) is 13.0. The van der Waals surface area contributed by atoms with Crippen LogP contribution in [0, 0.1) is 0 Å². The first-order valence-electron chi connectivity index (χ1n) is 7.76. The summed E-state index contributed by atoms with van der Waals surface area (Å²) in [7, 11) is 1.31. The van der Waals surface area contributed by atoms with Gasteiger partial charge in [-0.1, -0.05) is 12.8 Å². The average molecular weight is 305 g/mol. The fourth-order valence-electron chi connectivity index (χ4n) is 2.49. The van der Waals surface area contributed by atoms with Crippen molar-refractivity contribution < 1.29 is 14.3 Å². The predicted octanol–water partition coefficient (Wildman–Crippen LogP) is 2.35. The highest BCUT2D eigenvalue weighted by Gasteiger charge is 2.11. The number of pyridine rings is 1. The summed E-state index contributed by atoms with van der Waals surface area (Å²) < 4.78 is 4.51. The molecule has 2 rings (SSSR count). The van der Waals surface area contributed by atoms with Crippen molar-refractivity contribution >= 4 is 23.4 Å². The molecule has 6 heteroatoms. The van der Waals surface area contributed by atoms with Crippen molar-refractivity contribution in [1.82, 2.24) is 4.98 Å². The molecule has 120 valence electrons. The third-order valence-corrected chi connectivity index (χ3v) is 3.75. The molecule has 0 aliphatic carbocycles. The standard InChI is InChI=1S/C16H23N3O3/c1-22-16(21)9-8-15(20)18-13-6-7-14(17-12-13)19-10-4-2-3-5-11-19/h6-7,12H,2-5,8-11H2,1H3,(H,18,20). The monoisotopic (exact) mass is 305 g/mol. The Morgan fingerprint density at radius 1 is 1.18 bits per heavy atom. The van der Waals surface area contributed by atoms with Crippen LogP contribution in [-0.4, -0.2) is 37.1 Å². The minimum Gasteiger partial charge on any atom is -0.469 e. The molecule has 1 saturated heterocycles. The molecular formula is C16H23N3O3. The SMILES string of the molecule is COC(=O)CCC(=O)Nc1ccc(N2CCCCCC2)nc1. The van der Waals surface area contributed by atoms with E-state index in [1.165, 1.54) is 32.8 Å². The lowest BCUT2D eigenvalue weighted by Gasteiger charge is -2.21. The summed E-state index contributed by atoms with van der Waals surface area (Å²) in [5.74, 6) is 0.356. The van der Waals surface area contributed by atoms with E-state index in [4.69, 9.17) is 0 Å². The summed E-state index contributed by atoms with van der Waals surface area (Å²) >= 11 is 0. The first-order valence-corrected chi connectivity index (χ1v) is 7.76. The summed E-state index contributed by atoms with van der Waals surface area (Å²) in [5.41, 5.74) is 0.647. The first-order chi connectivity index (χ1) is 10.7. The topological polar surface area (TPSA) is 71.5 Å². The minimum absolute atomic E-state index is 0.0849. The number of esters is 1. The van der Waals surface area contributed by atoms with Gasteiger partial charge in [0.2, 0.25) is 5.91 Å². The summed E-state index contributed by atoms with van der Waals surface area (Å²) in [4.78, 5) is 29.4. The number of aromatic nitrogens is 1. The Morgan fingerprint density at radius 3 is 2.50 bits per heavy atom. The number of anilines is 2. The van der Waals surface area contributed by atoms with Crippen molar-refractivity contribution in [2.24, 2.45) is 0 Å². The third-order valence-electron chi connectivity index (χ3n) is 3.75. The van der Waals surface area contributed by atoms with E-state index in [-0.39, 0.29) is 24.7 Å². The molecule has 1 aromatic rings. The largest absolute Gasteiger partial charge is 0.469 e. The van der Waals surface area contributed by atoms with E-state index in [9.17, 15) is 9.59 Å². The Kier molecular flexibility index (Phi) is 6.18. The van der Waals surface area contributed by atoms with Gasteiger partial charge in [-0.05, 0) is 25.0 Å². The number of methoxy groups -OCH3 is 1. The molecule has 0 bridgehead atoms. The number of hydrogen-bond donors (Lipinski definition) is 1.